The third-order valence-electron chi connectivity index (χ3n) is 3.36. The highest BCUT2D eigenvalue weighted by molar-refractivity contribution is 7.99. The van der Waals surface area contributed by atoms with Gasteiger partial charge in [-0.15, -0.1) is 0 Å². The first kappa shape index (κ1) is 9.81. The summed E-state index contributed by atoms with van der Waals surface area (Å²) in [4.78, 5) is 2.70. The summed E-state index contributed by atoms with van der Waals surface area (Å²) in [6.45, 7) is 2.63. The highest BCUT2D eigenvalue weighted by Gasteiger charge is 2.26. The van der Waals surface area contributed by atoms with Crippen molar-refractivity contribution in [2.45, 2.75) is 31.3 Å². The fraction of sp³-hybridized carbons (Fsp3) is 1.00. The molecule has 1 N–H and O–H groups in total. The van der Waals surface area contributed by atoms with E-state index < -0.39 is 0 Å². The molecule has 0 amide bonds. The number of rotatable bonds is 2. The van der Waals surface area contributed by atoms with E-state index in [2.05, 4.69) is 29.0 Å². The molecule has 0 aliphatic carbocycles. The van der Waals surface area contributed by atoms with Crippen LogP contribution in [0.4, 0.5) is 0 Å². The van der Waals surface area contributed by atoms with Gasteiger partial charge >= 0.3 is 0 Å². The summed E-state index contributed by atoms with van der Waals surface area (Å²) in [5, 5.41) is 3.38. The molecule has 2 nitrogen and oxygen atoms in total. The Labute approximate surface area is 85.4 Å². The van der Waals surface area contributed by atoms with Gasteiger partial charge in [0.15, 0.2) is 0 Å². The maximum atomic E-state index is 3.38. The minimum atomic E-state index is 0.783. The van der Waals surface area contributed by atoms with Crippen molar-refractivity contribution in [3.8, 4) is 0 Å². The van der Waals surface area contributed by atoms with Gasteiger partial charge in [-0.05, 0) is 45.2 Å². The largest absolute Gasteiger partial charge is 0.317 e. The van der Waals surface area contributed by atoms with Gasteiger partial charge in [-0.3, -0.25) is 4.90 Å². The molecule has 2 saturated heterocycles. The molecule has 0 spiro atoms. The van der Waals surface area contributed by atoms with Crippen molar-refractivity contribution in [3.63, 3.8) is 0 Å². The van der Waals surface area contributed by atoms with Crippen molar-refractivity contribution < 1.29 is 0 Å². The maximum Gasteiger partial charge on any atom is 0.0194 e. The van der Waals surface area contributed by atoms with Gasteiger partial charge in [0.05, 0.1) is 0 Å². The normalized spacial score (nSPS) is 32.5. The Morgan fingerprint density at radius 3 is 2.54 bits per heavy atom. The smallest absolute Gasteiger partial charge is 0.0194 e. The van der Waals surface area contributed by atoms with Crippen LogP contribution in [-0.4, -0.2) is 48.6 Å². The summed E-state index contributed by atoms with van der Waals surface area (Å²) in [5.41, 5.74) is 0. The second kappa shape index (κ2) is 4.67. The van der Waals surface area contributed by atoms with Crippen LogP contribution in [0.1, 0.15) is 19.3 Å². The fourth-order valence-electron chi connectivity index (χ4n) is 2.36. The Morgan fingerprint density at radius 1 is 1.23 bits per heavy atom. The molecule has 0 aromatic rings. The van der Waals surface area contributed by atoms with E-state index in [4.69, 9.17) is 0 Å². The first-order valence-corrected chi connectivity index (χ1v) is 6.54. The van der Waals surface area contributed by atoms with Crippen molar-refractivity contribution >= 4 is 11.8 Å². The molecule has 0 saturated carbocycles. The van der Waals surface area contributed by atoms with Gasteiger partial charge in [0, 0.05) is 17.8 Å². The Bertz CT molecular complexity index is 149. The van der Waals surface area contributed by atoms with E-state index in [1.807, 2.05) is 0 Å². The van der Waals surface area contributed by atoms with Crippen molar-refractivity contribution in [1.29, 1.82) is 0 Å². The van der Waals surface area contributed by atoms with E-state index in [9.17, 15) is 0 Å². The van der Waals surface area contributed by atoms with Crippen LogP contribution in [0.5, 0.6) is 0 Å². The average molecular weight is 200 g/mol. The average Bonchev–Trinajstić information content (AvgIpc) is 2.71. The van der Waals surface area contributed by atoms with Crippen LogP contribution in [0.25, 0.3) is 0 Å². The summed E-state index contributed by atoms with van der Waals surface area (Å²) < 4.78 is 0. The predicted octanol–water partition coefficient (Wildman–Crippen LogP) is 1.18. The zero-order valence-corrected chi connectivity index (χ0v) is 9.28. The number of piperidine rings is 1. The minimum Gasteiger partial charge on any atom is -0.317 e. The van der Waals surface area contributed by atoms with Crippen LogP contribution >= 0.6 is 11.8 Å². The molecule has 1 unspecified atom stereocenters. The molecular formula is C10H20N2S. The van der Waals surface area contributed by atoms with Crippen molar-refractivity contribution in [1.82, 2.24) is 10.2 Å². The Hall–Kier alpha value is 0.270. The standard InChI is InChI=1S/C10H20N2S/c1-11-9-2-5-12(6-3-9)10-4-7-13-8-10/h9-11H,2-8H2,1H3. The van der Waals surface area contributed by atoms with Crippen LogP contribution in [-0.2, 0) is 0 Å². The van der Waals surface area contributed by atoms with E-state index in [0.29, 0.717) is 0 Å². The first-order chi connectivity index (χ1) is 6.40. The van der Waals surface area contributed by atoms with Crippen LogP contribution in [0.2, 0.25) is 0 Å². The zero-order valence-electron chi connectivity index (χ0n) is 8.46. The molecule has 2 heterocycles. The quantitative estimate of drug-likeness (QED) is 0.720. The highest BCUT2D eigenvalue weighted by atomic mass is 32.2. The summed E-state index contributed by atoms with van der Waals surface area (Å²) in [6.07, 6.45) is 4.12. The van der Waals surface area contributed by atoms with Gasteiger partial charge < -0.3 is 5.32 Å². The van der Waals surface area contributed by atoms with Crippen molar-refractivity contribution in [2.24, 2.45) is 0 Å². The highest BCUT2D eigenvalue weighted by Crippen LogP contribution is 2.24. The lowest BCUT2D eigenvalue weighted by molar-refractivity contribution is 0.158. The minimum absolute atomic E-state index is 0.783. The Kier molecular flexibility index (Phi) is 3.52. The molecule has 2 aliphatic heterocycles. The Balaban J connectivity index is 1.77. The summed E-state index contributed by atoms with van der Waals surface area (Å²) in [5.74, 6) is 2.76. The molecule has 2 aliphatic rings. The maximum absolute atomic E-state index is 3.38. The van der Waals surface area contributed by atoms with Gasteiger partial charge in [0.25, 0.3) is 0 Å². The molecule has 0 aromatic heterocycles. The van der Waals surface area contributed by atoms with E-state index in [0.717, 1.165) is 12.1 Å². The summed E-state index contributed by atoms with van der Waals surface area (Å²) in [7, 11) is 2.09. The Morgan fingerprint density at radius 2 is 2.00 bits per heavy atom. The van der Waals surface area contributed by atoms with Crippen molar-refractivity contribution in [2.75, 3.05) is 31.6 Å². The number of thioether (sulfide) groups is 1. The van der Waals surface area contributed by atoms with Gasteiger partial charge in [-0.25, -0.2) is 0 Å². The predicted molar refractivity (Wildman–Crippen MR) is 59.4 cm³/mol. The van der Waals surface area contributed by atoms with Crippen LogP contribution in [0.3, 0.4) is 0 Å². The molecule has 1 atom stereocenters. The molecule has 0 bridgehead atoms. The molecule has 0 aromatic carbocycles. The summed E-state index contributed by atoms with van der Waals surface area (Å²) >= 11 is 2.13. The lowest BCUT2D eigenvalue weighted by atomic mass is 10.0. The lowest BCUT2D eigenvalue weighted by Gasteiger charge is -2.35. The molecule has 13 heavy (non-hydrogen) atoms. The molecule has 0 radical (unpaired) electrons. The lowest BCUT2D eigenvalue weighted by Crippen LogP contribution is -2.45. The molecule has 2 rings (SSSR count). The van der Waals surface area contributed by atoms with Crippen molar-refractivity contribution in [3.05, 3.63) is 0 Å². The topological polar surface area (TPSA) is 15.3 Å². The third-order valence-corrected chi connectivity index (χ3v) is 4.50. The second-order valence-electron chi connectivity index (χ2n) is 4.12. The SMILES string of the molecule is CNC1CCN(C2CCSC2)CC1. The number of hydrogen-bond acceptors (Lipinski definition) is 3. The fourth-order valence-corrected chi connectivity index (χ4v) is 3.62. The second-order valence-corrected chi connectivity index (χ2v) is 5.27. The molecule has 3 heteroatoms. The zero-order chi connectivity index (χ0) is 9.10. The van der Waals surface area contributed by atoms with E-state index in [-0.39, 0.29) is 0 Å². The van der Waals surface area contributed by atoms with Crippen LogP contribution in [0, 0.1) is 0 Å². The van der Waals surface area contributed by atoms with Gasteiger partial charge in [-0.1, -0.05) is 0 Å². The van der Waals surface area contributed by atoms with Gasteiger partial charge in [-0.2, -0.15) is 11.8 Å². The molecule has 76 valence electrons. The molecule has 2 fully saturated rings. The van der Waals surface area contributed by atoms with Gasteiger partial charge in [0.1, 0.15) is 0 Å². The monoisotopic (exact) mass is 200 g/mol. The van der Waals surface area contributed by atoms with Gasteiger partial charge in [0.2, 0.25) is 0 Å². The summed E-state index contributed by atoms with van der Waals surface area (Å²) in [6, 6.07) is 1.69. The first-order valence-electron chi connectivity index (χ1n) is 5.39. The van der Waals surface area contributed by atoms with Crippen LogP contribution in [0.15, 0.2) is 0 Å². The number of hydrogen-bond donors (Lipinski definition) is 1. The van der Waals surface area contributed by atoms with E-state index in [1.54, 1.807) is 0 Å². The number of likely N-dealkylation sites (tertiary alicyclic amines) is 1. The number of nitrogens with one attached hydrogen (secondary N) is 1. The number of nitrogens with zero attached hydrogens (tertiary/aromatic N) is 1. The molecular weight excluding hydrogens is 180 g/mol. The van der Waals surface area contributed by atoms with E-state index in [1.165, 1.54) is 43.9 Å². The van der Waals surface area contributed by atoms with Crippen LogP contribution < -0.4 is 5.32 Å². The van der Waals surface area contributed by atoms with E-state index >= 15 is 0 Å². The third kappa shape index (κ3) is 2.39.